The maximum atomic E-state index is 12.9. The molecule has 0 aliphatic carbocycles. The van der Waals surface area contributed by atoms with Gasteiger partial charge in [-0.15, -0.1) is 0 Å². The molecule has 6 heteroatoms. The van der Waals surface area contributed by atoms with Crippen molar-refractivity contribution in [1.29, 1.82) is 0 Å². The molecule has 0 aliphatic rings. The molecule has 0 aromatic heterocycles. The minimum absolute atomic E-state index is 0.0657. The summed E-state index contributed by atoms with van der Waals surface area (Å²) in [6.07, 6.45) is 78.4. The van der Waals surface area contributed by atoms with E-state index in [1.165, 1.54) is 302 Å². The van der Waals surface area contributed by atoms with E-state index in [0.29, 0.717) is 19.3 Å². The van der Waals surface area contributed by atoms with Gasteiger partial charge in [0.05, 0.1) is 0 Å². The molecule has 0 N–H and O–H groups in total. The van der Waals surface area contributed by atoms with Crippen molar-refractivity contribution >= 4 is 17.9 Å². The summed E-state index contributed by atoms with van der Waals surface area (Å²) in [7, 11) is 0. The highest BCUT2D eigenvalue weighted by atomic mass is 16.6. The van der Waals surface area contributed by atoms with Gasteiger partial charge < -0.3 is 14.2 Å². The van der Waals surface area contributed by atoms with E-state index in [4.69, 9.17) is 14.2 Å². The highest BCUT2D eigenvalue weighted by Gasteiger charge is 2.19. The lowest BCUT2D eigenvalue weighted by atomic mass is 10.0. The number of hydrogen-bond acceptors (Lipinski definition) is 6. The van der Waals surface area contributed by atoms with Gasteiger partial charge in [0.25, 0.3) is 0 Å². The van der Waals surface area contributed by atoms with Crippen molar-refractivity contribution in [1.82, 2.24) is 0 Å². The van der Waals surface area contributed by atoms with Crippen molar-refractivity contribution in [3.05, 3.63) is 12.2 Å². The zero-order chi connectivity index (χ0) is 55.0. The number of esters is 3. The van der Waals surface area contributed by atoms with Gasteiger partial charge in [-0.3, -0.25) is 14.4 Å². The number of unbranched alkanes of at least 4 members (excludes halogenated alkanes) is 52. The number of carbonyl (C=O) groups is 3. The summed E-state index contributed by atoms with van der Waals surface area (Å²) in [5.41, 5.74) is 0. The molecule has 0 bridgehead atoms. The third-order valence-corrected chi connectivity index (χ3v) is 16.0. The molecule has 0 heterocycles. The van der Waals surface area contributed by atoms with Crippen LogP contribution >= 0.6 is 0 Å². The third kappa shape index (κ3) is 63.0. The molecule has 0 saturated carbocycles. The number of rotatable bonds is 65. The van der Waals surface area contributed by atoms with Crippen LogP contribution in [0.2, 0.25) is 0 Å². The highest BCUT2D eigenvalue weighted by molar-refractivity contribution is 5.71. The molecule has 0 aromatic carbocycles. The lowest BCUT2D eigenvalue weighted by molar-refractivity contribution is -0.167. The fraction of sp³-hybridized carbons (Fsp3) is 0.929. The fourth-order valence-electron chi connectivity index (χ4n) is 10.8. The largest absolute Gasteiger partial charge is 0.462 e. The van der Waals surface area contributed by atoms with Crippen molar-refractivity contribution < 1.29 is 28.6 Å². The molecular formula is C70H134O6. The first-order valence-electron chi connectivity index (χ1n) is 34.7. The van der Waals surface area contributed by atoms with Crippen molar-refractivity contribution in [3.63, 3.8) is 0 Å². The van der Waals surface area contributed by atoms with Gasteiger partial charge in [-0.25, -0.2) is 0 Å². The average Bonchev–Trinajstić information content (AvgIpc) is 3.42. The van der Waals surface area contributed by atoms with Gasteiger partial charge in [0.2, 0.25) is 0 Å². The Morgan fingerprint density at radius 1 is 0.250 bits per heavy atom. The van der Waals surface area contributed by atoms with Gasteiger partial charge in [-0.2, -0.15) is 0 Å². The van der Waals surface area contributed by atoms with Crippen LogP contribution < -0.4 is 0 Å². The van der Waals surface area contributed by atoms with E-state index in [9.17, 15) is 14.4 Å². The van der Waals surface area contributed by atoms with E-state index in [1.54, 1.807) is 0 Å². The Kier molecular flexibility index (Phi) is 64.1. The van der Waals surface area contributed by atoms with E-state index in [0.717, 1.165) is 57.8 Å². The molecule has 6 nitrogen and oxygen atoms in total. The first kappa shape index (κ1) is 74.2. The molecular weight excluding hydrogens is 937 g/mol. The minimum atomic E-state index is -0.767. The Labute approximate surface area is 475 Å². The predicted molar refractivity (Wildman–Crippen MR) is 330 cm³/mol. The first-order chi connectivity index (χ1) is 37.5. The van der Waals surface area contributed by atoms with Crippen molar-refractivity contribution in [2.45, 2.75) is 406 Å². The van der Waals surface area contributed by atoms with Crippen molar-refractivity contribution in [3.8, 4) is 0 Å². The maximum Gasteiger partial charge on any atom is 0.306 e. The van der Waals surface area contributed by atoms with Crippen LogP contribution in [0.4, 0.5) is 0 Å². The van der Waals surface area contributed by atoms with Crippen LogP contribution in [-0.2, 0) is 28.6 Å². The van der Waals surface area contributed by atoms with E-state index >= 15 is 0 Å². The summed E-state index contributed by atoms with van der Waals surface area (Å²) in [4.78, 5) is 38.2. The Bertz CT molecular complexity index is 1180. The van der Waals surface area contributed by atoms with Gasteiger partial charge in [-0.1, -0.05) is 348 Å². The lowest BCUT2D eigenvalue weighted by Gasteiger charge is -2.18. The van der Waals surface area contributed by atoms with Crippen LogP contribution in [0.5, 0.6) is 0 Å². The number of carbonyl (C=O) groups excluding carboxylic acids is 3. The quantitative estimate of drug-likeness (QED) is 0.0261. The van der Waals surface area contributed by atoms with E-state index in [1.807, 2.05) is 0 Å². The average molecular weight is 1070 g/mol. The van der Waals surface area contributed by atoms with Crippen molar-refractivity contribution in [2.75, 3.05) is 13.2 Å². The van der Waals surface area contributed by atoms with Gasteiger partial charge in [0, 0.05) is 19.3 Å². The molecule has 76 heavy (non-hydrogen) atoms. The molecule has 0 radical (unpaired) electrons. The summed E-state index contributed by atoms with van der Waals surface area (Å²) < 4.78 is 16.9. The third-order valence-electron chi connectivity index (χ3n) is 16.0. The lowest BCUT2D eigenvalue weighted by Crippen LogP contribution is -2.30. The Morgan fingerprint density at radius 2 is 0.434 bits per heavy atom. The highest BCUT2D eigenvalue weighted by Crippen LogP contribution is 2.19. The van der Waals surface area contributed by atoms with E-state index < -0.39 is 6.10 Å². The SMILES string of the molecule is CCCCCCCCC/C=C\CCCCCCCCCC(=O)OC(COC(=O)CCCCCCCCCCC)COC(=O)CCCCCCCCCCCCCCCCCCCCCCCCCCCCCCCCC. The Balaban J connectivity index is 4.03. The summed E-state index contributed by atoms with van der Waals surface area (Å²) in [5, 5.41) is 0. The van der Waals surface area contributed by atoms with Gasteiger partial charge in [-0.05, 0) is 44.9 Å². The van der Waals surface area contributed by atoms with Crippen LogP contribution in [0.3, 0.4) is 0 Å². The molecule has 1 unspecified atom stereocenters. The molecule has 1 atom stereocenters. The molecule has 0 spiro atoms. The Morgan fingerprint density at radius 3 is 0.658 bits per heavy atom. The maximum absolute atomic E-state index is 12.9. The molecule has 0 fully saturated rings. The zero-order valence-corrected chi connectivity index (χ0v) is 51.8. The minimum Gasteiger partial charge on any atom is -0.462 e. The predicted octanol–water partition coefficient (Wildman–Crippen LogP) is 23.6. The number of allylic oxidation sites excluding steroid dienone is 2. The molecule has 0 saturated heterocycles. The first-order valence-corrected chi connectivity index (χ1v) is 34.7. The van der Waals surface area contributed by atoms with Crippen LogP contribution in [-0.4, -0.2) is 37.2 Å². The summed E-state index contributed by atoms with van der Waals surface area (Å²) in [6.45, 7) is 6.69. The summed E-state index contributed by atoms with van der Waals surface area (Å²) in [5.74, 6) is -0.844. The second kappa shape index (κ2) is 65.7. The number of ether oxygens (including phenoxy) is 3. The number of hydrogen-bond donors (Lipinski definition) is 0. The fourth-order valence-corrected chi connectivity index (χ4v) is 10.8. The van der Waals surface area contributed by atoms with Crippen LogP contribution in [0.25, 0.3) is 0 Å². The van der Waals surface area contributed by atoms with Gasteiger partial charge >= 0.3 is 17.9 Å². The Hall–Kier alpha value is -1.85. The standard InChI is InChI=1S/C70H134O6/c1-4-7-10-13-16-19-21-23-25-27-29-30-31-32-33-34-35-36-37-38-39-40-41-43-44-46-48-51-54-57-60-63-69(72)75-66-67(65-74-68(71)62-59-56-53-50-18-15-12-9-6-3)76-70(73)64-61-58-55-52-49-47-45-42-28-26-24-22-20-17-14-11-8-5-2/h26,28,67H,4-25,27,29-66H2,1-3H3/b28-26-. The second-order valence-corrected chi connectivity index (χ2v) is 23.8. The normalized spacial score (nSPS) is 12.0. The molecule has 0 amide bonds. The molecule has 0 aliphatic heterocycles. The zero-order valence-electron chi connectivity index (χ0n) is 51.8. The molecule has 0 rings (SSSR count). The van der Waals surface area contributed by atoms with Crippen LogP contribution in [0.1, 0.15) is 400 Å². The monoisotopic (exact) mass is 1070 g/mol. The van der Waals surface area contributed by atoms with Crippen LogP contribution in [0.15, 0.2) is 12.2 Å². The van der Waals surface area contributed by atoms with Crippen molar-refractivity contribution in [2.24, 2.45) is 0 Å². The summed E-state index contributed by atoms with van der Waals surface area (Å²) in [6, 6.07) is 0. The van der Waals surface area contributed by atoms with Crippen LogP contribution in [0, 0.1) is 0 Å². The smallest absolute Gasteiger partial charge is 0.306 e. The van der Waals surface area contributed by atoms with E-state index in [-0.39, 0.29) is 31.1 Å². The van der Waals surface area contributed by atoms with E-state index in [2.05, 4.69) is 32.9 Å². The molecule has 450 valence electrons. The topological polar surface area (TPSA) is 78.9 Å². The van der Waals surface area contributed by atoms with Gasteiger partial charge in [0.1, 0.15) is 13.2 Å². The summed E-state index contributed by atoms with van der Waals surface area (Å²) >= 11 is 0. The van der Waals surface area contributed by atoms with Gasteiger partial charge in [0.15, 0.2) is 6.10 Å². The molecule has 0 aromatic rings. The second-order valence-electron chi connectivity index (χ2n) is 23.8.